The molecule has 2 amide bonds. The Morgan fingerprint density at radius 1 is 1.00 bits per heavy atom. The third-order valence-corrected chi connectivity index (χ3v) is 10.1. The normalized spacial score (nSPS) is 20.4. The van der Waals surface area contributed by atoms with Gasteiger partial charge in [0.2, 0.25) is 11.8 Å². The van der Waals surface area contributed by atoms with E-state index in [2.05, 4.69) is 37.2 Å². The van der Waals surface area contributed by atoms with Gasteiger partial charge in [0, 0.05) is 57.0 Å². The summed E-state index contributed by atoms with van der Waals surface area (Å²) < 4.78 is 2.10. The maximum Gasteiger partial charge on any atom is 0.224 e. The summed E-state index contributed by atoms with van der Waals surface area (Å²) >= 11 is 0. The fourth-order valence-electron chi connectivity index (χ4n) is 7.35. The number of amides is 2. The Morgan fingerprint density at radius 2 is 1.76 bits per heavy atom. The average Bonchev–Trinajstić information content (AvgIpc) is 3.50. The first-order valence-electron chi connectivity index (χ1n) is 17.5. The second-order valence-corrected chi connectivity index (χ2v) is 13.6. The zero-order valence-electron chi connectivity index (χ0n) is 27.0. The summed E-state index contributed by atoms with van der Waals surface area (Å²) in [6.45, 7) is 3.94. The third kappa shape index (κ3) is 10.6. The van der Waals surface area contributed by atoms with Crippen LogP contribution in [0.15, 0.2) is 48.4 Å². The van der Waals surface area contributed by atoms with Gasteiger partial charge in [-0.3, -0.25) is 9.59 Å². The molecule has 1 aromatic heterocycles. The van der Waals surface area contributed by atoms with Gasteiger partial charge in [-0.1, -0.05) is 75.1 Å². The molecule has 242 valence electrons. The maximum atomic E-state index is 13.6. The number of nitrogens with one attached hydrogen (secondary N) is 2. The first-order chi connectivity index (χ1) is 22.1. The Bertz CT molecular complexity index is 1300. The number of aromatic nitrogens is 2. The number of rotatable bonds is 12. The summed E-state index contributed by atoms with van der Waals surface area (Å²) in [7, 11) is 0. The number of nitrogens with zero attached hydrogens (tertiary/aromatic N) is 4. The topological polar surface area (TPSA) is 103 Å². The van der Waals surface area contributed by atoms with E-state index in [-0.39, 0.29) is 17.7 Å². The van der Waals surface area contributed by atoms with Gasteiger partial charge in [-0.05, 0) is 62.3 Å². The summed E-state index contributed by atoms with van der Waals surface area (Å²) in [4.78, 5) is 33.4. The third-order valence-electron chi connectivity index (χ3n) is 10.1. The van der Waals surface area contributed by atoms with E-state index in [1.54, 1.807) is 0 Å². The van der Waals surface area contributed by atoms with Crippen molar-refractivity contribution in [2.45, 2.75) is 109 Å². The number of benzene rings is 1. The predicted octanol–water partition coefficient (Wildman–Crippen LogP) is 5.91. The fraction of sp³-hybridized carbons (Fsp3) is 0.622. The smallest absolute Gasteiger partial charge is 0.224 e. The number of nitriles is 1. The standard InChI is InChI=1S/C37H52N6O2/c38-24-31-11-13-32(14-12-31)26-43-28-39-25-35(43)17-20-40-37(45)33-16-15-30(23-36(44)41-34-9-5-2-6-10-34)19-22-42(27-33)21-18-29-7-3-1-4-8-29/h11-15,25,28-29,33-34H,1-10,16-23,26-27H2,(H,40,45)(H,41,44). The molecule has 3 aliphatic rings. The lowest BCUT2D eigenvalue weighted by Crippen LogP contribution is -2.41. The highest BCUT2D eigenvalue weighted by molar-refractivity contribution is 5.80. The highest BCUT2D eigenvalue weighted by Gasteiger charge is 2.25. The zero-order valence-corrected chi connectivity index (χ0v) is 27.0. The van der Waals surface area contributed by atoms with Crippen LogP contribution in [0.5, 0.6) is 0 Å². The summed E-state index contributed by atoms with van der Waals surface area (Å²) in [5.74, 6) is 0.916. The van der Waals surface area contributed by atoms with Gasteiger partial charge in [-0.2, -0.15) is 5.26 Å². The minimum absolute atomic E-state index is 0.0972. The molecule has 5 rings (SSSR count). The van der Waals surface area contributed by atoms with Crippen molar-refractivity contribution in [1.82, 2.24) is 25.1 Å². The van der Waals surface area contributed by atoms with Gasteiger partial charge in [0.25, 0.3) is 0 Å². The Balaban J connectivity index is 1.16. The molecule has 2 heterocycles. The molecule has 1 unspecified atom stereocenters. The SMILES string of the molecule is N#Cc1ccc(Cn2cncc2CCNC(=O)C2CC=C(CC(=O)NC3CCCCC3)CCN(CCC3CCCCC3)C2)cc1. The monoisotopic (exact) mass is 612 g/mol. The fourth-order valence-corrected chi connectivity index (χ4v) is 7.35. The molecule has 45 heavy (non-hydrogen) atoms. The summed E-state index contributed by atoms with van der Waals surface area (Å²) in [6.07, 6.45) is 22.5. The molecule has 0 radical (unpaired) electrons. The van der Waals surface area contributed by atoms with Gasteiger partial charge in [-0.25, -0.2) is 4.98 Å². The summed E-state index contributed by atoms with van der Waals surface area (Å²) in [5.41, 5.74) is 4.00. The minimum atomic E-state index is -0.128. The van der Waals surface area contributed by atoms with E-state index in [9.17, 15) is 9.59 Å². The van der Waals surface area contributed by atoms with Crippen molar-refractivity contribution >= 4 is 11.8 Å². The second-order valence-electron chi connectivity index (χ2n) is 13.6. The quantitative estimate of drug-likeness (QED) is 0.290. The molecule has 2 aliphatic carbocycles. The number of allylic oxidation sites excluding steroid dienone is 1. The molecule has 1 atom stereocenters. The van der Waals surface area contributed by atoms with E-state index in [1.165, 1.54) is 63.4 Å². The zero-order chi connectivity index (χ0) is 31.3. The molecule has 2 aromatic rings. The molecule has 0 bridgehead atoms. The summed E-state index contributed by atoms with van der Waals surface area (Å²) in [6, 6.07) is 10.1. The molecule has 0 saturated heterocycles. The van der Waals surface area contributed by atoms with Gasteiger partial charge in [0.15, 0.2) is 0 Å². The Morgan fingerprint density at radius 3 is 2.51 bits per heavy atom. The van der Waals surface area contributed by atoms with Gasteiger partial charge in [0.1, 0.15) is 0 Å². The number of imidazole rings is 1. The van der Waals surface area contributed by atoms with Gasteiger partial charge >= 0.3 is 0 Å². The van der Waals surface area contributed by atoms with Crippen molar-refractivity contribution in [3.05, 3.63) is 65.3 Å². The highest BCUT2D eigenvalue weighted by Crippen LogP contribution is 2.27. The highest BCUT2D eigenvalue weighted by atomic mass is 16.2. The second kappa shape index (κ2) is 17.3. The van der Waals surface area contributed by atoms with Crippen molar-refractivity contribution in [2.24, 2.45) is 11.8 Å². The number of carbonyl (C=O) groups excluding carboxylic acids is 2. The van der Waals surface area contributed by atoms with Crippen molar-refractivity contribution in [3.8, 4) is 6.07 Å². The number of carbonyl (C=O) groups is 2. The van der Waals surface area contributed by atoms with Crippen LogP contribution in [-0.2, 0) is 22.6 Å². The Hall–Kier alpha value is -3.44. The van der Waals surface area contributed by atoms with E-state index in [1.807, 2.05) is 36.8 Å². The van der Waals surface area contributed by atoms with Crippen LogP contribution in [0.2, 0.25) is 0 Å². The lowest BCUT2D eigenvalue weighted by atomic mass is 9.86. The van der Waals surface area contributed by atoms with Crippen molar-refractivity contribution in [1.29, 1.82) is 5.26 Å². The van der Waals surface area contributed by atoms with Crippen LogP contribution in [0.1, 0.15) is 107 Å². The Labute approximate surface area is 269 Å². The van der Waals surface area contributed by atoms with Crippen molar-refractivity contribution < 1.29 is 9.59 Å². The van der Waals surface area contributed by atoms with E-state index >= 15 is 0 Å². The molecule has 2 saturated carbocycles. The van der Waals surface area contributed by atoms with Crippen LogP contribution in [0, 0.1) is 23.2 Å². The molecule has 2 N–H and O–H groups in total. The molecule has 1 aliphatic heterocycles. The van der Waals surface area contributed by atoms with Gasteiger partial charge in [0.05, 0.1) is 23.9 Å². The molecule has 1 aromatic carbocycles. The molecule has 2 fully saturated rings. The summed E-state index contributed by atoms with van der Waals surface area (Å²) in [5, 5.41) is 15.6. The predicted molar refractivity (Wildman–Crippen MR) is 177 cm³/mol. The van der Waals surface area contributed by atoms with Crippen LogP contribution in [0.4, 0.5) is 0 Å². The van der Waals surface area contributed by atoms with E-state index in [0.717, 1.165) is 56.1 Å². The lowest BCUT2D eigenvalue weighted by Gasteiger charge is -2.31. The van der Waals surface area contributed by atoms with Gasteiger partial charge < -0.3 is 20.1 Å². The van der Waals surface area contributed by atoms with E-state index in [4.69, 9.17) is 5.26 Å². The van der Waals surface area contributed by atoms with Gasteiger partial charge in [-0.15, -0.1) is 0 Å². The van der Waals surface area contributed by atoms with Crippen LogP contribution >= 0.6 is 0 Å². The first-order valence-corrected chi connectivity index (χ1v) is 17.5. The molecule has 8 heteroatoms. The van der Waals surface area contributed by atoms with E-state index < -0.39 is 0 Å². The number of hydrogen-bond acceptors (Lipinski definition) is 5. The molecule has 8 nitrogen and oxygen atoms in total. The largest absolute Gasteiger partial charge is 0.355 e. The van der Waals surface area contributed by atoms with Crippen LogP contribution in [-0.4, -0.2) is 58.5 Å². The minimum Gasteiger partial charge on any atom is -0.355 e. The number of hydrogen-bond donors (Lipinski definition) is 2. The van der Waals surface area contributed by atoms with Crippen molar-refractivity contribution in [3.63, 3.8) is 0 Å². The molecular formula is C37H52N6O2. The van der Waals surface area contributed by atoms with Crippen LogP contribution in [0.25, 0.3) is 0 Å². The maximum absolute atomic E-state index is 13.6. The Kier molecular flexibility index (Phi) is 12.7. The molecule has 0 spiro atoms. The van der Waals surface area contributed by atoms with Crippen LogP contribution < -0.4 is 10.6 Å². The first kappa shape index (κ1) is 32.9. The van der Waals surface area contributed by atoms with Crippen LogP contribution in [0.3, 0.4) is 0 Å². The average molecular weight is 613 g/mol. The molecular weight excluding hydrogens is 560 g/mol. The van der Waals surface area contributed by atoms with Crippen molar-refractivity contribution in [2.75, 3.05) is 26.2 Å². The lowest BCUT2D eigenvalue weighted by molar-refractivity contribution is -0.125. The van der Waals surface area contributed by atoms with E-state index in [0.29, 0.717) is 44.0 Å².